The largest absolute Gasteiger partial charge is 0.466 e. The number of aliphatic hydroxyl groups is 1. The van der Waals surface area contributed by atoms with Crippen LogP contribution in [0.2, 0.25) is 0 Å². The first-order valence-corrected chi connectivity index (χ1v) is 9.04. The number of nitrogens with zero attached hydrogens (tertiary/aromatic N) is 2. The molecule has 0 aliphatic carbocycles. The molecule has 1 aromatic carbocycles. The highest BCUT2D eigenvalue weighted by molar-refractivity contribution is 5.79. The Morgan fingerprint density at radius 1 is 1.30 bits per heavy atom. The molecule has 2 aromatic rings. The van der Waals surface area contributed by atoms with Crippen molar-refractivity contribution in [2.45, 2.75) is 25.5 Å². The smallest absolute Gasteiger partial charge is 0.191 e. The molecular weight excluding hydrogens is 347 g/mol. The summed E-state index contributed by atoms with van der Waals surface area (Å²) in [7, 11) is 3.89. The first kappa shape index (κ1) is 20.9. The lowest BCUT2D eigenvalue weighted by atomic mass is 10.0. The predicted molar refractivity (Wildman–Crippen MR) is 105 cm³/mol. The third-order valence-electron chi connectivity index (χ3n) is 4.26. The monoisotopic (exact) mass is 376 g/mol. The molecular formula is C20H29FN4O2. The third kappa shape index (κ3) is 6.08. The molecule has 0 fully saturated rings. The fourth-order valence-corrected chi connectivity index (χ4v) is 2.74. The Morgan fingerprint density at radius 3 is 2.67 bits per heavy atom. The number of hydrogen-bond donors (Lipinski definition) is 3. The molecule has 0 aliphatic rings. The molecule has 148 valence electrons. The van der Waals surface area contributed by atoms with E-state index in [1.54, 1.807) is 25.1 Å². The first-order chi connectivity index (χ1) is 12.8. The van der Waals surface area contributed by atoms with Crippen LogP contribution in [0.4, 0.5) is 4.39 Å². The van der Waals surface area contributed by atoms with E-state index in [-0.39, 0.29) is 18.4 Å². The van der Waals surface area contributed by atoms with Crippen LogP contribution in [0.25, 0.3) is 0 Å². The number of hydrogen-bond acceptors (Lipinski definition) is 4. The van der Waals surface area contributed by atoms with Gasteiger partial charge in [-0.15, -0.1) is 0 Å². The summed E-state index contributed by atoms with van der Waals surface area (Å²) in [6, 6.07) is 10.0. The number of benzene rings is 1. The maximum atomic E-state index is 13.6. The van der Waals surface area contributed by atoms with Crippen molar-refractivity contribution in [1.29, 1.82) is 0 Å². The van der Waals surface area contributed by atoms with Gasteiger partial charge in [-0.1, -0.05) is 12.1 Å². The molecule has 7 heteroatoms. The third-order valence-corrected chi connectivity index (χ3v) is 4.26. The van der Waals surface area contributed by atoms with Gasteiger partial charge < -0.3 is 25.1 Å². The average Bonchev–Trinajstić information content (AvgIpc) is 3.15. The van der Waals surface area contributed by atoms with Gasteiger partial charge in [-0.3, -0.25) is 0 Å². The average molecular weight is 376 g/mol. The van der Waals surface area contributed by atoms with E-state index in [4.69, 9.17) is 4.42 Å². The summed E-state index contributed by atoms with van der Waals surface area (Å²) in [6.45, 7) is 4.99. The number of aliphatic imine (C=N–C) groups is 1. The van der Waals surface area contributed by atoms with Gasteiger partial charge in [-0.25, -0.2) is 9.38 Å². The SMILES string of the molecule is CCNC(=NCC(C)(O)c1ccco1)NCC(c1cccc(F)c1)N(C)C. The summed E-state index contributed by atoms with van der Waals surface area (Å²) in [5, 5.41) is 17.0. The Balaban J connectivity index is 2.07. The summed E-state index contributed by atoms with van der Waals surface area (Å²) in [4.78, 5) is 6.49. The van der Waals surface area contributed by atoms with Crippen molar-refractivity contribution in [2.24, 2.45) is 4.99 Å². The van der Waals surface area contributed by atoms with Gasteiger partial charge in [0.2, 0.25) is 0 Å². The summed E-state index contributed by atoms with van der Waals surface area (Å²) in [5.41, 5.74) is -0.319. The zero-order chi connectivity index (χ0) is 19.9. The molecule has 2 atom stereocenters. The molecule has 0 amide bonds. The number of nitrogens with one attached hydrogen (secondary N) is 2. The van der Waals surface area contributed by atoms with Crippen LogP contribution in [-0.2, 0) is 5.60 Å². The van der Waals surface area contributed by atoms with E-state index < -0.39 is 5.60 Å². The van der Waals surface area contributed by atoms with Gasteiger partial charge in [0.15, 0.2) is 5.96 Å². The first-order valence-electron chi connectivity index (χ1n) is 9.04. The number of guanidine groups is 1. The van der Waals surface area contributed by atoms with Crippen LogP contribution in [0.3, 0.4) is 0 Å². The zero-order valence-corrected chi connectivity index (χ0v) is 16.4. The molecule has 1 heterocycles. The lowest BCUT2D eigenvalue weighted by Gasteiger charge is -2.26. The van der Waals surface area contributed by atoms with Gasteiger partial charge in [0.05, 0.1) is 18.8 Å². The highest BCUT2D eigenvalue weighted by atomic mass is 19.1. The highest BCUT2D eigenvalue weighted by Gasteiger charge is 2.26. The van der Waals surface area contributed by atoms with Gasteiger partial charge in [0.25, 0.3) is 0 Å². The van der Waals surface area contributed by atoms with E-state index in [0.717, 1.165) is 5.56 Å². The second kappa shape index (κ2) is 9.53. The van der Waals surface area contributed by atoms with E-state index >= 15 is 0 Å². The summed E-state index contributed by atoms with van der Waals surface area (Å²) < 4.78 is 18.9. The standard InChI is InChI=1S/C20H29FN4O2/c1-5-22-19(24-14-20(2,26)18-10-7-11-27-18)23-13-17(25(3)4)15-8-6-9-16(21)12-15/h6-12,17,26H,5,13-14H2,1-4H3,(H2,22,23,24). The summed E-state index contributed by atoms with van der Waals surface area (Å²) in [5.74, 6) is 0.787. The van der Waals surface area contributed by atoms with Crippen molar-refractivity contribution >= 4 is 5.96 Å². The fourth-order valence-electron chi connectivity index (χ4n) is 2.74. The minimum atomic E-state index is -1.20. The molecule has 3 N–H and O–H groups in total. The Morgan fingerprint density at radius 2 is 2.07 bits per heavy atom. The van der Waals surface area contributed by atoms with Gasteiger partial charge in [0.1, 0.15) is 17.2 Å². The predicted octanol–water partition coefficient (Wildman–Crippen LogP) is 2.48. The molecule has 27 heavy (non-hydrogen) atoms. The lowest BCUT2D eigenvalue weighted by molar-refractivity contribution is 0.0437. The molecule has 0 aliphatic heterocycles. The number of halogens is 1. The molecule has 2 unspecified atom stereocenters. The normalized spacial score (nSPS) is 15.4. The summed E-state index contributed by atoms with van der Waals surface area (Å²) in [6.07, 6.45) is 1.53. The highest BCUT2D eigenvalue weighted by Crippen LogP contribution is 2.21. The van der Waals surface area contributed by atoms with Crippen LogP contribution in [0.15, 0.2) is 52.1 Å². The second-order valence-corrected chi connectivity index (χ2v) is 6.86. The van der Waals surface area contributed by atoms with Crippen molar-refractivity contribution in [2.75, 3.05) is 33.7 Å². The van der Waals surface area contributed by atoms with Crippen LogP contribution in [-0.4, -0.2) is 49.7 Å². The Labute approximate surface area is 160 Å². The van der Waals surface area contributed by atoms with E-state index in [1.807, 2.05) is 32.0 Å². The minimum Gasteiger partial charge on any atom is -0.466 e. The Kier molecular flexibility index (Phi) is 7.38. The Bertz CT molecular complexity index is 729. The zero-order valence-electron chi connectivity index (χ0n) is 16.4. The Hall–Kier alpha value is -2.38. The molecule has 0 spiro atoms. The van der Waals surface area contributed by atoms with Crippen LogP contribution >= 0.6 is 0 Å². The van der Waals surface area contributed by atoms with E-state index in [2.05, 4.69) is 15.6 Å². The van der Waals surface area contributed by atoms with Crippen LogP contribution in [0.5, 0.6) is 0 Å². The van der Waals surface area contributed by atoms with Crippen molar-refractivity contribution in [3.05, 3.63) is 59.8 Å². The molecule has 6 nitrogen and oxygen atoms in total. The van der Waals surface area contributed by atoms with Gasteiger partial charge >= 0.3 is 0 Å². The van der Waals surface area contributed by atoms with Crippen LogP contribution < -0.4 is 10.6 Å². The van der Waals surface area contributed by atoms with Gasteiger partial charge in [0, 0.05) is 13.1 Å². The van der Waals surface area contributed by atoms with Crippen molar-refractivity contribution in [3.8, 4) is 0 Å². The van der Waals surface area contributed by atoms with E-state index in [9.17, 15) is 9.50 Å². The quantitative estimate of drug-likeness (QED) is 0.488. The molecule has 2 rings (SSSR count). The molecule has 0 saturated heterocycles. The summed E-state index contributed by atoms with van der Waals surface area (Å²) >= 11 is 0. The van der Waals surface area contributed by atoms with Crippen LogP contribution in [0.1, 0.15) is 31.2 Å². The van der Waals surface area contributed by atoms with Gasteiger partial charge in [-0.05, 0) is 57.8 Å². The van der Waals surface area contributed by atoms with E-state index in [1.165, 1.54) is 18.4 Å². The van der Waals surface area contributed by atoms with Crippen molar-refractivity contribution in [1.82, 2.24) is 15.5 Å². The lowest BCUT2D eigenvalue weighted by Crippen LogP contribution is -2.42. The maximum absolute atomic E-state index is 13.6. The van der Waals surface area contributed by atoms with E-state index in [0.29, 0.717) is 24.8 Å². The number of furan rings is 1. The number of rotatable bonds is 8. The minimum absolute atomic E-state index is 0.0323. The fraction of sp³-hybridized carbons (Fsp3) is 0.450. The van der Waals surface area contributed by atoms with Crippen molar-refractivity contribution < 1.29 is 13.9 Å². The maximum Gasteiger partial charge on any atom is 0.191 e. The molecule has 1 aromatic heterocycles. The second-order valence-electron chi connectivity index (χ2n) is 6.86. The molecule has 0 bridgehead atoms. The van der Waals surface area contributed by atoms with Crippen LogP contribution in [0, 0.1) is 5.82 Å². The van der Waals surface area contributed by atoms with Crippen molar-refractivity contribution in [3.63, 3.8) is 0 Å². The molecule has 0 saturated carbocycles. The molecule has 0 radical (unpaired) electrons. The number of likely N-dealkylation sites (N-methyl/N-ethyl adjacent to an activating group) is 1. The topological polar surface area (TPSA) is 73.0 Å². The van der Waals surface area contributed by atoms with Gasteiger partial charge in [-0.2, -0.15) is 0 Å².